The second-order valence-electron chi connectivity index (χ2n) is 10.3. The molecule has 6 rings (SSSR count). The summed E-state index contributed by atoms with van der Waals surface area (Å²) in [6, 6.07) is 5.89. The summed E-state index contributed by atoms with van der Waals surface area (Å²) in [5.74, 6) is 0.568. The van der Waals surface area contributed by atoms with E-state index in [0.717, 1.165) is 49.4 Å². The molecule has 0 spiro atoms. The van der Waals surface area contributed by atoms with Crippen LogP contribution in [-0.4, -0.2) is 62.9 Å². The van der Waals surface area contributed by atoms with E-state index in [-0.39, 0.29) is 17.5 Å². The molecule has 0 bridgehead atoms. The Morgan fingerprint density at radius 1 is 1.16 bits per heavy atom. The number of carbonyl (C=O) groups excluding carboxylic acids is 1. The summed E-state index contributed by atoms with van der Waals surface area (Å²) in [5.41, 5.74) is 6.86. The summed E-state index contributed by atoms with van der Waals surface area (Å²) >= 11 is 1.71. The number of hydrogen-bond acceptors (Lipinski definition) is 6. The highest BCUT2D eigenvalue weighted by molar-refractivity contribution is 7.08. The number of aryl methyl sites for hydroxylation is 1. The van der Waals surface area contributed by atoms with Gasteiger partial charge in [0, 0.05) is 37.4 Å². The number of hydrogen-bond donors (Lipinski definition) is 3. The highest BCUT2D eigenvalue weighted by atomic mass is 32.1. The lowest BCUT2D eigenvalue weighted by Crippen LogP contribution is -2.33. The Hall–Kier alpha value is -3.43. The number of pyridine rings is 1. The molecule has 37 heavy (non-hydrogen) atoms. The van der Waals surface area contributed by atoms with Gasteiger partial charge in [-0.2, -0.15) is 11.3 Å². The molecular formula is C28H32N6O2S. The van der Waals surface area contributed by atoms with E-state index in [9.17, 15) is 9.59 Å². The number of aromatic amines is 2. The van der Waals surface area contributed by atoms with Crippen LogP contribution < -0.4 is 10.9 Å². The second-order valence-corrected chi connectivity index (χ2v) is 11.1. The zero-order valence-corrected chi connectivity index (χ0v) is 22.1. The normalized spacial score (nSPS) is 16.6. The lowest BCUT2D eigenvalue weighted by atomic mass is 10.1. The van der Waals surface area contributed by atoms with Crippen molar-refractivity contribution in [3.05, 3.63) is 67.8 Å². The first-order valence-corrected chi connectivity index (χ1v) is 13.9. The summed E-state index contributed by atoms with van der Waals surface area (Å²) in [4.78, 5) is 41.3. The molecular weight excluding hydrogens is 484 g/mol. The first-order valence-electron chi connectivity index (χ1n) is 13.0. The second kappa shape index (κ2) is 9.79. The molecule has 8 nitrogen and oxygen atoms in total. The zero-order valence-electron chi connectivity index (χ0n) is 21.3. The van der Waals surface area contributed by atoms with Crippen LogP contribution in [0.5, 0.6) is 0 Å². The number of thiophene rings is 1. The standard InChI is InChI=1S/C28H32N6O2S/c1-17-15-37-16-20(17)11-18(2)30-22-5-6-29-27(35)25(22)26-31-23-12-19-14-34(10-9-33-7-3-4-8-33)28(36)21(19)13-24(23)32-26/h5-6,12-13,15-16,18H,3-4,7-11,14H2,1-2H3,(H,31,32)(H2,29,30,35)/t18-/m1/s1. The third kappa shape index (κ3) is 4.69. The van der Waals surface area contributed by atoms with Gasteiger partial charge in [-0.05, 0) is 91.8 Å². The predicted molar refractivity (Wildman–Crippen MR) is 148 cm³/mol. The van der Waals surface area contributed by atoms with Crippen LogP contribution in [0.3, 0.4) is 0 Å². The van der Waals surface area contributed by atoms with Crippen molar-refractivity contribution < 1.29 is 4.79 Å². The van der Waals surface area contributed by atoms with Crippen LogP contribution in [0.25, 0.3) is 22.4 Å². The maximum atomic E-state index is 13.1. The Labute approximate surface area is 219 Å². The molecule has 3 aromatic heterocycles. The van der Waals surface area contributed by atoms with Crippen molar-refractivity contribution in [2.75, 3.05) is 31.5 Å². The first kappa shape index (κ1) is 23.9. The Bertz CT molecular complexity index is 1510. The molecule has 1 fully saturated rings. The van der Waals surface area contributed by atoms with Crippen LogP contribution in [0, 0.1) is 6.92 Å². The minimum Gasteiger partial charge on any atom is -0.381 e. The van der Waals surface area contributed by atoms with Crippen LogP contribution in [0.1, 0.15) is 46.8 Å². The van der Waals surface area contributed by atoms with Gasteiger partial charge < -0.3 is 25.1 Å². The number of anilines is 1. The average Bonchev–Trinajstić information content (AvgIpc) is 3.66. The molecule has 1 atom stereocenters. The van der Waals surface area contributed by atoms with E-state index in [1.54, 1.807) is 17.5 Å². The molecule has 1 amide bonds. The minimum atomic E-state index is -0.209. The van der Waals surface area contributed by atoms with Crippen molar-refractivity contribution in [3.8, 4) is 11.4 Å². The van der Waals surface area contributed by atoms with Gasteiger partial charge in [-0.25, -0.2) is 4.98 Å². The monoisotopic (exact) mass is 516 g/mol. The van der Waals surface area contributed by atoms with E-state index in [2.05, 4.69) is 44.8 Å². The van der Waals surface area contributed by atoms with E-state index in [1.807, 2.05) is 23.1 Å². The summed E-state index contributed by atoms with van der Waals surface area (Å²) in [5, 5.41) is 7.85. The lowest BCUT2D eigenvalue weighted by molar-refractivity contribution is 0.0763. The first-order chi connectivity index (χ1) is 18.0. The lowest BCUT2D eigenvalue weighted by Gasteiger charge is -2.20. The van der Waals surface area contributed by atoms with E-state index >= 15 is 0 Å². The van der Waals surface area contributed by atoms with Gasteiger partial charge in [0.15, 0.2) is 0 Å². The van der Waals surface area contributed by atoms with Crippen LogP contribution in [-0.2, 0) is 13.0 Å². The van der Waals surface area contributed by atoms with Crippen molar-refractivity contribution in [2.24, 2.45) is 0 Å². The largest absolute Gasteiger partial charge is 0.381 e. The van der Waals surface area contributed by atoms with Crippen LogP contribution in [0.15, 0.2) is 40.0 Å². The highest BCUT2D eigenvalue weighted by Crippen LogP contribution is 2.30. The molecule has 5 heterocycles. The fraction of sp³-hybridized carbons (Fsp3) is 0.393. The van der Waals surface area contributed by atoms with Gasteiger partial charge in [-0.3, -0.25) is 9.59 Å². The number of rotatable bonds is 8. The van der Waals surface area contributed by atoms with Crippen molar-refractivity contribution in [2.45, 2.75) is 45.7 Å². The maximum Gasteiger partial charge on any atom is 0.261 e. The average molecular weight is 517 g/mol. The topological polar surface area (TPSA) is 97.1 Å². The third-order valence-corrected chi connectivity index (χ3v) is 8.47. The number of imidazole rings is 1. The summed E-state index contributed by atoms with van der Waals surface area (Å²) in [6.07, 6.45) is 5.03. The number of H-pyrrole nitrogens is 2. The number of likely N-dealkylation sites (tertiary alicyclic amines) is 1. The number of amides is 1. The molecule has 0 radical (unpaired) electrons. The van der Waals surface area contributed by atoms with Crippen LogP contribution >= 0.6 is 11.3 Å². The Kier molecular flexibility index (Phi) is 6.34. The molecule has 3 N–H and O–H groups in total. The summed E-state index contributed by atoms with van der Waals surface area (Å²) < 4.78 is 0. The molecule has 4 aromatic rings. The molecule has 9 heteroatoms. The van der Waals surface area contributed by atoms with Gasteiger partial charge in [0.1, 0.15) is 11.4 Å². The van der Waals surface area contributed by atoms with Crippen molar-refractivity contribution in [1.82, 2.24) is 24.8 Å². The number of benzene rings is 1. The molecule has 2 aliphatic rings. The fourth-order valence-electron chi connectivity index (χ4n) is 5.52. The predicted octanol–water partition coefficient (Wildman–Crippen LogP) is 4.38. The molecule has 1 saturated heterocycles. The Morgan fingerprint density at radius 2 is 2.00 bits per heavy atom. The van der Waals surface area contributed by atoms with Gasteiger partial charge in [0.2, 0.25) is 0 Å². The van der Waals surface area contributed by atoms with Gasteiger partial charge in [0.25, 0.3) is 11.5 Å². The van der Waals surface area contributed by atoms with E-state index in [0.29, 0.717) is 29.0 Å². The number of aromatic nitrogens is 3. The fourth-order valence-corrected chi connectivity index (χ4v) is 6.39. The molecule has 0 saturated carbocycles. The Morgan fingerprint density at radius 3 is 2.78 bits per heavy atom. The van der Waals surface area contributed by atoms with E-state index < -0.39 is 0 Å². The summed E-state index contributed by atoms with van der Waals surface area (Å²) in [6.45, 7) is 8.80. The summed E-state index contributed by atoms with van der Waals surface area (Å²) in [7, 11) is 0. The SMILES string of the molecule is Cc1cscc1C[C@@H](C)Nc1cc[nH]c(=O)c1-c1nc2cc3c(cc2[nH]1)CN(CCN1CCCC1)C3=O. The van der Waals surface area contributed by atoms with Crippen molar-refractivity contribution >= 4 is 34.0 Å². The van der Waals surface area contributed by atoms with Crippen LogP contribution in [0.2, 0.25) is 0 Å². The van der Waals surface area contributed by atoms with Gasteiger partial charge >= 0.3 is 0 Å². The number of fused-ring (bicyclic) bond motifs is 2. The van der Waals surface area contributed by atoms with E-state index in [1.165, 1.54) is 24.0 Å². The number of carbonyl (C=O) groups is 1. The van der Waals surface area contributed by atoms with Gasteiger partial charge in [0.05, 0.1) is 16.7 Å². The molecule has 0 aliphatic carbocycles. The molecule has 0 unspecified atom stereocenters. The zero-order chi connectivity index (χ0) is 25.5. The minimum absolute atomic E-state index is 0.0677. The van der Waals surface area contributed by atoms with Crippen molar-refractivity contribution in [1.29, 1.82) is 0 Å². The highest BCUT2D eigenvalue weighted by Gasteiger charge is 2.29. The van der Waals surface area contributed by atoms with Crippen molar-refractivity contribution in [3.63, 3.8) is 0 Å². The quantitative estimate of drug-likeness (QED) is 0.323. The molecule has 192 valence electrons. The molecule has 1 aromatic carbocycles. The molecule has 2 aliphatic heterocycles. The van der Waals surface area contributed by atoms with Crippen LogP contribution in [0.4, 0.5) is 5.69 Å². The third-order valence-electron chi connectivity index (χ3n) is 7.56. The van der Waals surface area contributed by atoms with Gasteiger partial charge in [-0.1, -0.05) is 0 Å². The number of nitrogens with one attached hydrogen (secondary N) is 3. The van der Waals surface area contributed by atoms with Gasteiger partial charge in [-0.15, -0.1) is 0 Å². The number of nitrogens with zero attached hydrogens (tertiary/aromatic N) is 3. The Balaban J connectivity index is 1.24. The maximum absolute atomic E-state index is 13.1. The smallest absolute Gasteiger partial charge is 0.261 e. The van der Waals surface area contributed by atoms with E-state index in [4.69, 9.17) is 4.98 Å².